The van der Waals surface area contributed by atoms with E-state index in [0.717, 1.165) is 30.5 Å². The van der Waals surface area contributed by atoms with E-state index in [1.807, 2.05) is 13.0 Å². The van der Waals surface area contributed by atoms with Crippen LogP contribution in [0.15, 0.2) is 24.4 Å². The van der Waals surface area contributed by atoms with E-state index < -0.39 is 0 Å². The quantitative estimate of drug-likeness (QED) is 0.720. The van der Waals surface area contributed by atoms with Crippen molar-refractivity contribution in [2.24, 2.45) is 0 Å². The van der Waals surface area contributed by atoms with Crippen LogP contribution in [-0.2, 0) is 0 Å². The molecule has 8 nitrogen and oxygen atoms in total. The molecule has 1 saturated heterocycles. The number of ether oxygens (including phenoxy) is 1. The fourth-order valence-corrected chi connectivity index (χ4v) is 3.03. The van der Waals surface area contributed by atoms with E-state index in [1.165, 1.54) is 25.5 Å². The number of piperidine rings is 1. The third-order valence-electron chi connectivity index (χ3n) is 4.43. The highest BCUT2D eigenvalue weighted by molar-refractivity contribution is 5.93. The van der Waals surface area contributed by atoms with Gasteiger partial charge in [-0.3, -0.25) is 4.79 Å². The monoisotopic (exact) mass is 370 g/mol. The van der Waals surface area contributed by atoms with Gasteiger partial charge in [-0.15, -0.1) is 0 Å². The maximum Gasteiger partial charge on any atom is 0.252 e. The van der Waals surface area contributed by atoms with Crippen LogP contribution in [0, 0.1) is 6.92 Å². The number of nitrogens with one attached hydrogen (secondary N) is 2. The molecule has 8 heteroatoms. The van der Waals surface area contributed by atoms with Gasteiger partial charge < -0.3 is 20.3 Å². The summed E-state index contributed by atoms with van der Waals surface area (Å²) >= 11 is 0. The molecule has 0 aromatic carbocycles. The van der Waals surface area contributed by atoms with Crippen molar-refractivity contribution in [2.75, 3.05) is 43.5 Å². The molecule has 1 aliphatic rings. The average Bonchev–Trinajstić information content (AvgIpc) is 2.71. The lowest BCUT2D eigenvalue weighted by Crippen LogP contribution is -2.31. The number of nitrogens with zero attached hydrogens (tertiary/aromatic N) is 4. The van der Waals surface area contributed by atoms with E-state index in [4.69, 9.17) is 4.74 Å². The molecule has 0 aliphatic carbocycles. The molecule has 0 atom stereocenters. The maximum absolute atomic E-state index is 12.1. The van der Waals surface area contributed by atoms with Gasteiger partial charge in [0, 0.05) is 44.5 Å². The van der Waals surface area contributed by atoms with Crippen molar-refractivity contribution in [1.82, 2.24) is 20.3 Å². The second kappa shape index (κ2) is 9.16. The van der Waals surface area contributed by atoms with Crippen molar-refractivity contribution in [3.63, 3.8) is 0 Å². The number of anilines is 2. The predicted octanol–water partition coefficient (Wildman–Crippen LogP) is 2.02. The second-order valence-electron chi connectivity index (χ2n) is 6.48. The maximum atomic E-state index is 12.1. The summed E-state index contributed by atoms with van der Waals surface area (Å²) in [5.74, 6) is 2.81. The van der Waals surface area contributed by atoms with Crippen molar-refractivity contribution in [1.29, 1.82) is 0 Å². The van der Waals surface area contributed by atoms with Gasteiger partial charge in [-0.25, -0.2) is 15.0 Å². The van der Waals surface area contributed by atoms with Crippen molar-refractivity contribution in [3.8, 4) is 5.88 Å². The summed E-state index contributed by atoms with van der Waals surface area (Å²) in [4.78, 5) is 27.5. The molecular weight excluding hydrogens is 344 g/mol. The van der Waals surface area contributed by atoms with Gasteiger partial charge in [-0.05, 0) is 32.3 Å². The zero-order chi connectivity index (χ0) is 19.1. The summed E-state index contributed by atoms with van der Waals surface area (Å²) in [6.07, 6.45) is 5.20. The molecule has 3 rings (SSSR count). The highest BCUT2D eigenvalue weighted by Gasteiger charge is 2.13. The largest absolute Gasteiger partial charge is 0.481 e. The van der Waals surface area contributed by atoms with E-state index >= 15 is 0 Å². The minimum absolute atomic E-state index is 0.167. The van der Waals surface area contributed by atoms with Crippen LogP contribution in [0.4, 0.5) is 11.6 Å². The summed E-state index contributed by atoms with van der Waals surface area (Å²) in [5.41, 5.74) is 0.501. The van der Waals surface area contributed by atoms with Crippen molar-refractivity contribution >= 4 is 17.5 Å². The third-order valence-corrected chi connectivity index (χ3v) is 4.43. The molecule has 2 aromatic rings. The molecular formula is C19H26N6O2. The van der Waals surface area contributed by atoms with Gasteiger partial charge in [0.05, 0.1) is 12.7 Å². The van der Waals surface area contributed by atoms with E-state index in [-0.39, 0.29) is 5.91 Å². The van der Waals surface area contributed by atoms with Gasteiger partial charge >= 0.3 is 0 Å². The zero-order valence-corrected chi connectivity index (χ0v) is 15.9. The normalized spacial score (nSPS) is 13.9. The van der Waals surface area contributed by atoms with Crippen LogP contribution in [-0.4, -0.2) is 54.1 Å². The molecule has 0 saturated carbocycles. The number of hydrogen-bond donors (Lipinski definition) is 2. The smallest absolute Gasteiger partial charge is 0.252 e. The highest BCUT2D eigenvalue weighted by Crippen LogP contribution is 2.20. The molecule has 3 heterocycles. The Bertz CT molecular complexity index is 759. The molecule has 0 spiro atoms. The molecule has 1 amide bonds. The SMILES string of the molecule is COc1ccc(C(=O)NCCNc2cc(N3CCCCC3)nc(C)n2)cn1. The van der Waals surface area contributed by atoms with E-state index in [0.29, 0.717) is 24.5 Å². The molecule has 0 unspecified atom stereocenters. The van der Waals surface area contributed by atoms with Gasteiger partial charge in [0.1, 0.15) is 17.5 Å². The molecule has 0 radical (unpaired) electrons. The Balaban J connectivity index is 1.49. The first kappa shape index (κ1) is 18.9. The van der Waals surface area contributed by atoms with E-state index in [1.54, 1.807) is 19.2 Å². The summed E-state index contributed by atoms with van der Waals surface area (Å²) in [5, 5.41) is 6.13. The topological polar surface area (TPSA) is 92.3 Å². The Morgan fingerprint density at radius 3 is 2.70 bits per heavy atom. The van der Waals surface area contributed by atoms with Crippen LogP contribution >= 0.6 is 0 Å². The first-order valence-corrected chi connectivity index (χ1v) is 9.28. The number of amides is 1. The summed E-state index contributed by atoms with van der Waals surface area (Å²) in [6, 6.07) is 5.33. The Kier molecular flexibility index (Phi) is 6.40. The fourth-order valence-electron chi connectivity index (χ4n) is 3.03. The van der Waals surface area contributed by atoms with Crippen LogP contribution < -0.4 is 20.3 Å². The van der Waals surface area contributed by atoms with Crippen molar-refractivity contribution in [3.05, 3.63) is 35.8 Å². The average molecular weight is 370 g/mol. The molecule has 27 heavy (non-hydrogen) atoms. The first-order valence-electron chi connectivity index (χ1n) is 9.28. The van der Waals surface area contributed by atoms with Crippen LogP contribution in [0.5, 0.6) is 5.88 Å². The standard InChI is InChI=1S/C19H26N6O2/c1-14-23-16(12-17(24-14)25-10-4-3-5-11-25)20-8-9-21-19(26)15-6-7-18(27-2)22-13-15/h6-7,12-13H,3-5,8-11H2,1-2H3,(H,21,26)(H,20,23,24). The second-order valence-corrected chi connectivity index (χ2v) is 6.48. The Morgan fingerprint density at radius 1 is 1.19 bits per heavy atom. The molecule has 144 valence electrons. The van der Waals surface area contributed by atoms with E-state index in [2.05, 4.69) is 30.5 Å². The minimum Gasteiger partial charge on any atom is -0.481 e. The van der Waals surface area contributed by atoms with Crippen LogP contribution in [0.3, 0.4) is 0 Å². The molecule has 2 aromatic heterocycles. The van der Waals surface area contributed by atoms with Crippen LogP contribution in [0.25, 0.3) is 0 Å². The lowest BCUT2D eigenvalue weighted by atomic mass is 10.1. The number of carbonyl (C=O) groups is 1. The van der Waals surface area contributed by atoms with Crippen molar-refractivity contribution in [2.45, 2.75) is 26.2 Å². The Labute approximate surface area is 159 Å². The molecule has 1 fully saturated rings. The molecule has 0 bridgehead atoms. The fraction of sp³-hybridized carbons (Fsp3) is 0.474. The summed E-state index contributed by atoms with van der Waals surface area (Å²) in [6.45, 7) is 5.04. The number of methoxy groups -OCH3 is 1. The number of rotatable bonds is 7. The van der Waals surface area contributed by atoms with Crippen molar-refractivity contribution < 1.29 is 9.53 Å². The Hall–Kier alpha value is -2.90. The minimum atomic E-state index is -0.167. The summed E-state index contributed by atoms with van der Waals surface area (Å²) in [7, 11) is 1.54. The van der Waals surface area contributed by atoms with Gasteiger partial charge in [0.2, 0.25) is 5.88 Å². The number of hydrogen-bond acceptors (Lipinski definition) is 7. The predicted molar refractivity (Wildman–Crippen MR) is 104 cm³/mol. The van der Waals surface area contributed by atoms with Gasteiger partial charge in [-0.2, -0.15) is 0 Å². The molecule has 2 N–H and O–H groups in total. The van der Waals surface area contributed by atoms with E-state index in [9.17, 15) is 4.79 Å². The number of carbonyl (C=O) groups excluding carboxylic acids is 1. The van der Waals surface area contributed by atoms with Crippen LogP contribution in [0.1, 0.15) is 35.4 Å². The number of aryl methyl sites for hydroxylation is 1. The zero-order valence-electron chi connectivity index (χ0n) is 15.9. The molecule has 1 aliphatic heterocycles. The Morgan fingerprint density at radius 2 is 2.00 bits per heavy atom. The van der Waals surface area contributed by atoms with Gasteiger partial charge in [0.25, 0.3) is 5.91 Å². The number of pyridine rings is 1. The van der Waals surface area contributed by atoms with Gasteiger partial charge in [-0.1, -0.05) is 0 Å². The third kappa shape index (κ3) is 5.29. The lowest BCUT2D eigenvalue weighted by Gasteiger charge is -2.28. The number of aromatic nitrogens is 3. The van der Waals surface area contributed by atoms with Gasteiger partial charge in [0.15, 0.2) is 0 Å². The van der Waals surface area contributed by atoms with Crippen LogP contribution in [0.2, 0.25) is 0 Å². The first-order chi connectivity index (χ1) is 13.2. The highest BCUT2D eigenvalue weighted by atomic mass is 16.5. The summed E-state index contributed by atoms with van der Waals surface area (Å²) < 4.78 is 4.99. The lowest BCUT2D eigenvalue weighted by molar-refractivity contribution is 0.0954.